The molecule has 1 aromatic heterocycles. The number of halogens is 1. The maximum absolute atomic E-state index is 13.0. The van der Waals surface area contributed by atoms with Crippen LogP contribution in [0.2, 0.25) is 0 Å². The zero-order valence-electron chi connectivity index (χ0n) is 9.09. The van der Waals surface area contributed by atoms with E-state index in [9.17, 15) is 4.39 Å². The van der Waals surface area contributed by atoms with Crippen LogP contribution in [0.1, 0.15) is 11.3 Å². The van der Waals surface area contributed by atoms with Crippen LogP contribution in [-0.2, 0) is 6.54 Å². The van der Waals surface area contributed by atoms with E-state index >= 15 is 0 Å². The Morgan fingerprint density at radius 3 is 3.00 bits per heavy atom. The summed E-state index contributed by atoms with van der Waals surface area (Å²) in [6.07, 6.45) is 0. The van der Waals surface area contributed by atoms with Gasteiger partial charge in [0.2, 0.25) is 0 Å². The van der Waals surface area contributed by atoms with E-state index in [4.69, 9.17) is 9.52 Å². The molecule has 2 aromatic rings. The van der Waals surface area contributed by atoms with Crippen LogP contribution < -0.4 is 5.32 Å². The second-order valence-corrected chi connectivity index (χ2v) is 3.69. The van der Waals surface area contributed by atoms with Crippen molar-refractivity contribution in [2.75, 3.05) is 13.2 Å². The van der Waals surface area contributed by atoms with Crippen LogP contribution >= 0.6 is 0 Å². The number of aliphatic hydroxyl groups excluding tert-OH is 1. The largest absolute Gasteiger partial charge is 0.459 e. The Labute approximate surface area is 92.9 Å². The van der Waals surface area contributed by atoms with Gasteiger partial charge >= 0.3 is 0 Å². The summed E-state index contributed by atoms with van der Waals surface area (Å²) in [5, 5.41) is 12.5. The van der Waals surface area contributed by atoms with Gasteiger partial charge in [-0.05, 0) is 30.7 Å². The lowest BCUT2D eigenvalue weighted by Gasteiger charge is -1.99. The van der Waals surface area contributed by atoms with Crippen LogP contribution in [0.15, 0.2) is 22.6 Å². The molecule has 0 radical (unpaired) electrons. The van der Waals surface area contributed by atoms with E-state index in [-0.39, 0.29) is 12.4 Å². The topological polar surface area (TPSA) is 45.4 Å². The van der Waals surface area contributed by atoms with E-state index in [0.717, 1.165) is 16.7 Å². The highest BCUT2D eigenvalue weighted by atomic mass is 19.1. The average molecular weight is 223 g/mol. The fourth-order valence-corrected chi connectivity index (χ4v) is 1.69. The Balaban J connectivity index is 2.29. The van der Waals surface area contributed by atoms with Crippen molar-refractivity contribution in [3.05, 3.63) is 35.3 Å². The van der Waals surface area contributed by atoms with Crippen molar-refractivity contribution in [3.63, 3.8) is 0 Å². The molecule has 0 saturated heterocycles. The molecule has 1 aromatic carbocycles. The Kier molecular flexibility index (Phi) is 3.22. The molecule has 3 nitrogen and oxygen atoms in total. The summed E-state index contributed by atoms with van der Waals surface area (Å²) in [6, 6.07) is 4.49. The third-order valence-electron chi connectivity index (χ3n) is 2.57. The Morgan fingerprint density at radius 2 is 2.25 bits per heavy atom. The molecule has 0 atom stereocenters. The molecule has 0 amide bonds. The molecule has 0 aliphatic rings. The van der Waals surface area contributed by atoms with E-state index in [1.807, 2.05) is 6.92 Å². The fourth-order valence-electron chi connectivity index (χ4n) is 1.69. The molecule has 0 aliphatic carbocycles. The van der Waals surface area contributed by atoms with Gasteiger partial charge in [-0.1, -0.05) is 0 Å². The van der Waals surface area contributed by atoms with Gasteiger partial charge in [0.15, 0.2) is 0 Å². The van der Waals surface area contributed by atoms with Gasteiger partial charge in [-0.3, -0.25) is 0 Å². The highest BCUT2D eigenvalue weighted by Gasteiger charge is 2.10. The first kappa shape index (κ1) is 11.1. The summed E-state index contributed by atoms with van der Waals surface area (Å²) in [4.78, 5) is 0. The Bertz CT molecular complexity index is 493. The molecule has 2 N–H and O–H groups in total. The Hall–Kier alpha value is -1.39. The van der Waals surface area contributed by atoms with Crippen LogP contribution in [0.25, 0.3) is 11.0 Å². The van der Waals surface area contributed by atoms with Gasteiger partial charge in [0.05, 0.1) is 13.2 Å². The van der Waals surface area contributed by atoms with Crippen molar-refractivity contribution < 1.29 is 13.9 Å². The summed E-state index contributed by atoms with van der Waals surface area (Å²) in [7, 11) is 0. The van der Waals surface area contributed by atoms with Crippen LogP contribution in [-0.4, -0.2) is 18.3 Å². The van der Waals surface area contributed by atoms with Crippen molar-refractivity contribution in [1.82, 2.24) is 5.32 Å². The molecule has 1 heterocycles. The van der Waals surface area contributed by atoms with Crippen molar-refractivity contribution >= 4 is 11.0 Å². The first-order valence-electron chi connectivity index (χ1n) is 5.21. The predicted molar refractivity (Wildman–Crippen MR) is 59.7 cm³/mol. The molecular formula is C12H14FNO2. The SMILES string of the molecule is Cc1c(CNCCO)oc2ccc(F)cc12. The van der Waals surface area contributed by atoms with Gasteiger partial charge in [0, 0.05) is 11.9 Å². The quantitative estimate of drug-likeness (QED) is 0.779. The number of hydrogen-bond acceptors (Lipinski definition) is 3. The minimum Gasteiger partial charge on any atom is -0.459 e. The number of furan rings is 1. The minimum atomic E-state index is -0.258. The number of hydrogen-bond donors (Lipinski definition) is 2. The molecule has 0 spiro atoms. The van der Waals surface area contributed by atoms with Crippen LogP contribution in [0, 0.1) is 12.7 Å². The van der Waals surface area contributed by atoms with Gasteiger partial charge in [0.1, 0.15) is 17.2 Å². The monoisotopic (exact) mass is 223 g/mol. The standard InChI is InChI=1S/C12H14FNO2/c1-8-10-6-9(13)2-3-11(10)16-12(8)7-14-4-5-15/h2-3,6,14-15H,4-5,7H2,1H3. The molecule has 0 saturated carbocycles. The third kappa shape index (κ3) is 2.08. The molecule has 4 heteroatoms. The van der Waals surface area contributed by atoms with E-state index < -0.39 is 0 Å². The summed E-state index contributed by atoms with van der Waals surface area (Å²) < 4.78 is 18.6. The Morgan fingerprint density at radius 1 is 1.44 bits per heavy atom. The van der Waals surface area contributed by atoms with Crippen LogP contribution in [0.5, 0.6) is 0 Å². The van der Waals surface area contributed by atoms with Crippen LogP contribution in [0.3, 0.4) is 0 Å². The molecule has 86 valence electrons. The number of nitrogens with one attached hydrogen (secondary N) is 1. The highest BCUT2D eigenvalue weighted by molar-refractivity contribution is 5.81. The predicted octanol–water partition coefficient (Wildman–Crippen LogP) is 1.96. The van der Waals surface area contributed by atoms with Gasteiger partial charge in [-0.2, -0.15) is 0 Å². The molecule has 0 unspecified atom stereocenters. The van der Waals surface area contributed by atoms with E-state index in [2.05, 4.69) is 5.32 Å². The lowest BCUT2D eigenvalue weighted by molar-refractivity contribution is 0.290. The fraction of sp³-hybridized carbons (Fsp3) is 0.333. The van der Waals surface area contributed by atoms with Gasteiger partial charge in [0.25, 0.3) is 0 Å². The average Bonchev–Trinajstić information content (AvgIpc) is 2.57. The molecule has 0 aliphatic heterocycles. The van der Waals surface area contributed by atoms with Crippen LogP contribution in [0.4, 0.5) is 4.39 Å². The molecule has 2 rings (SSSR count). The zero-order chi connectivity index (χ0) is 11.5. The first-order chi connectivity index (χ1) is 7.72. The second kappa shape index (κ2) is 4.63. The van der Waals surface area contributed by atoms with Crippen molar-refractivity contribution in [2.45, 2.75) is 13.5 Å². The summed E-state index contributed by atoms with van der Waals surface area (Å²) >= 11 is 0. The normalized spacial score (nSPS) is 11.2. The second-order valence-electron chi connectivity index (χ2n) is 3.69. The lowest BCUT2D eigenvalue weighted by atomic mass is 10.1. The van der Waals surface area contributed by atoms with Crippen molar-refractivity contribution in [2.24, 2.45) is 0 Å². The smallest absolute Gasteiger partial charge is 0.134 e. The maximum Gasteiger partial charge on any atom is 0.134 e. The third-order valence-corrected chi connectivity index (χ3v) is 2.57. The maximum atomic E-state index is 13.0. The molecule has 0 bridgehead atoms. The number of aliphatic hydroxyl groups is 1. The zero-order valence-corrected chi connectivity index (χ0v) is 9.09. The summed E-state index contributed by atoms with van der Waals surface area (Å²) in [5.41, 5.74) is 1.64. The molecule has 0 fully saturated rings. The first-order valence-corrected chi connectivity index (χ1v) is 5.21. The van der Waals surface area contributed by atoms with Crippen molar-refractivity contribution in [1.29, 1.82) is 0 Å². The summed E-state index contributed by atoms with van der Waals surface area (Å²) in [5.74, 6) is 0.528. The van der Waals surface area contributed by atoms with E-state index in [1.165, 1.54) is 12.1 Å². The highest BCUT2D eigenvalue weighted by Crippen LogP contribution is 2.25. The number of rotatable bonds is 4. The number of fused-ring (bicyclic) bond motifs is 1. The van der Waals surface area contributed by atoms with E-state index in [0.29, 0.717) is 18.7 Å². The number of aryl methyl sites for hydroxylation is 1. The van der Waals surface area contributed by atoms with Gasteiger partial charge in [-0.15, -0.1) is 0 Å². The van der Waals surface area contributed by atoms with Gasteiger partial charge in [-0.25, -0.2) is 4.39 Å². The van der Waals surface area contributed by atoms with E-state index in [1.54, 1.807) is 6.07 Å². The lowest BCUT2D eigenvalue weighted by Crippen LogP contribution is -2.17. The minimum absolute atomic E-state index is 0.0912. The summed E-state index contributed by atoms with van der Waals surface area (Å²) in [6.45, 7) is 3.06. The van der Waals surface area contributed by atoms with Crippen molar-refractivity contribution in [3.8, 4) is 0 Å². The number of benzene rings is 1. The van der Waals surface area contributed by atoms with Gasteiger partial charge < -0.3 is 14.8 Å². The molecular weight excluding hydrogens is 209 g/mol. The molecule has 16 heavy (non-hydrogen) atoms.